The van der Waals surface area contributed by atoms with Crippen LogP contribution in [-0.4, -0.2) is 25.1 Å². The van der Waals surface area contributed by atoms with Gasteiger partial charge in [0.2, 0.25) is 5.91 Å². The number of carbonyl (C=O) groups excluding carboxylic acids is 1. The highest BCUT2D eigenvalue weighted by molar-refractivity contribution is 5.93. The Labute approximate surface area is 163 Å². The van der Waals surface area contributed by atoms with Gasteiger partial charge in [0, 0.05) is 17.7 Å². The molecule has 28 heavy (non-hydrogen) atoms. The fourth-order valence-electron chi connectivity index (χ4n) is 3.68. The molecule has 5 rings (SSSR count). The van der Waals surface area contributed by atoms with E-state index in [-0.39, 0.29) is 17.9 Å². The summed E-state index contributed by atoms with van der Waals surface area (Å²) >= 11 is 0. The first-order valence-corrected chi connectivity index (χ1v) is 9.91. The number of pyridine rings is 1. The maximum absolute atomic E-state index is 12.0. The molecule has 0 aromatic carbocycles. The number of nitrogens with one attached hydrogen (secondary N) is 1. The van der Waals surface area contributed by atoms with Gasteiger partial charge in [0.1, 0.15) is 5.65 Å². The van der Waals surface area contributed by atoms with Gasteiger partial charge in [-0.2, -0.15) is 10.4 Å². The summed E-state index contributed by atoms with van der Waals surface area (Å²) in [5, 5.41) is 16.6. The average molecular weight is 374 g/mol. The highest BCUT2D eigenvalue weighted by Crippen LogP contribution is 2.38. The number of hydrogen-bond donors (Lipinski definition) is 1. The zero-order chi connectivity index (χ0) is 19.1. The minimum atomic E-state index is 0.0530. The van der Waals surface area contributed by atoms with Crippen LogP contribution in [0.1, 0.15) is 44.6 Å². The molecule has 0 aliphatic heterocycles. The summed E-state index contributed by atoms with van der Waals surface area (Å²) in [7, 11) is 0. The number of imidazole rings is 1. The molecule has 2 saturated carbocycles. The molecule has 3 aromatic rings. The highest BCUT2D eigenvalue weighted by Gasteiger charge is 2.30. The predicted molar refractivity (Wildman–Crippen MR) is 104 cm³/mol. The van der Waals surface area contributed by atoms with Gasteiger partial charge in [0.25, 0.3) is 0 Å². The third kappa shape index (κ3) is 3.38. The molecule has 7 heteroatoms. The van der Waals surface area contributed by atoms with E-state index in [1.807, 2.05) is 45.9 Å². The van der Waals surface area contributed by atoms with Crippen LogP contribution in [0.2, 0.25) is 0 Å². The lowest BCUT2D eigenvalue weighted by molar-refractivity contribution is -0.117. The van der Waals surface area contributed by atoms with E-state index in [4.69, 9.17) is 0 Å². The Hall–Kier alpha value is -3.14. The Kier molecular flexibility index (Phi) is 4.12. The monoisotopic (exact) mass is 374 g/mol. The van der Waals surface area contributed by atoms with Gasteiger partial charge < -0.3 is 5.32 Å². The van der Waals surface area contributed by atoms with E-state index in [9.17, 15) is 10.1 Å². The fraction of sp³-hybridized carbons (Fsp3) is 0.429. The van der Waals surface area contributed by atoms with Gasteiger partial charge in [-0.25, -0.2) is 4.98 Å². The molecular weight excluding hydrogens is 352 g/mol. The van der Waals surface area contributed by atoms with E-state index in [1.54, 1.807) is 0 Å². The number of rotatable bonds is 7. The lowest BCUT2D eigenvalue weighted by Crippen LogP contribution is -2.13. The molecule has 2 fully saturated rings. The summed E-state index contributed by atoms with van der Waals surface area (Å²) in [4.78, 5) is 16.6. The molecule has 2 aliphatic rings. The van der Waals surface area contributed by atoms with E-state index >= 15 is 0 Å². The van der Waals surface area contributed by atoms with Gasteiger partial charge in [-0.05, 0) is 37.3 Å². The molecule has 142 valence electrons. The zero-order valence-corrected chi connectivity index (χ0v) is 15.6. The molecule has 3 aromatic heterocycles. The summed E-state index contributed by atoms with van der Waals surface area (Å²) < 4.78 is 3.91. The number of fused-ring (bicyclic) bond motifs is 1. The molecule has 1 atom stereocenters. The molecule has 1 amide bonds. The summed E-state index contributed by atoms with van der Waals surface area (Å²) in [6, 6.07) is 8.32. The Morgan fingerprint density at radius 2 is 2.14 bits per heavy atom. The van der Waals surface area contributed by atoms with Gasteiger partial charge >= 0.3 is 0 Å². The Bertz CT molecular complexity index is 1070. The van der Waals surface area contributed by atoms with Crippen molar-refractivity contribution in [1.82, 2.24) is 19.2 Å². The number of nitrogens with zero attached hydrogens (tertiary/aromatic N) is 5. The van der Waals surface area contributed by atoms with Gasteiger partial charge in [-0.3, -0.25) is 13.9 Å². The molecule has 0 bridgehead atoms. The van der Waals surface area contributed by atoms with Crippen LogP contribution in [0, 0.1) is 23.2 Å². The quantitative estimate of drug-likeness (QED) is 0.681. The summed E-state index contributed by atoms with van der Waals surface area (Å²) in [5.74, 6) is 1.51. The van der Waals surface area contributed by atoms with Crippen molar-refractivity contribution in [3.63, 3.8) is 0 Å². The minimum absolute atomic E-state index is 0.0530. The van der Waals surface area contributed by atoms with Crippen molar-refractivity contribution >= 4 is 17.4 Å². The van der Waals surface area contributed by atoms with Crippen LogP contribution in [0.25, 0.3) is 16.9 Å². The highest BCUT2D eigenvalue weighted by atomic mass is 16.2. The van der Waals surface area contributed by atoms with E-state index in [2.05, 4.69) is 21.5 Å². The van der Waals surface area contributed by atoms with Crippen molar-refractivity contribution in [3.8, 4) is 17.3 Å². The minimum Gasteiger partial charge on any atom is -0.309 e. The van der Waals surface area contributed by atoms with E-state index < -0.39 is 0 Å². The summed E-state index contributed by atoms with van der Waals surface area (Å²) in [5.41, 5.74) is 2.72. The summed E-state index contributed by atoms with van der Waals surface area (Å²) in [6.45, 7) is 0. The first kappa shape index (κ1) is 17.0. The summed E-state index contributed by atoms with van der Waals surface area (Å²) in [6.07, 6.45) is 11.7. The maximum atomic E-state index is 12.0. The molecule has 1 unspecified atom stereocenters. The van der Waals surface area contributed by atoms with Gasteiger partial charge in [0.05, 0.1) is 36.6 Å². The van der Waals surface area contributed by atoms with Gasteiger partial charge in [-0.15, -0.1) is 0 Å². The number of carbonyl (C=O) groups is 1. The number of anilines is 1. The van der Waals surface area contributed by atoms with Crippen molar-refractivity contribution in [3.05, 3.63) is 36.8 Å². The molecular formula is C21H22N6O. The topological polar surface area (TPSA) is 88.0 Å². The molecule has 3 heterocycles. The SMILES string of the molecule is N#CCC(CC1CC1)n1cc(-c2cccc3nc(NC(=O)C4CC4)cn23)cn1. The molecule has 7 nitrogen and oxygen atoms in total. The lowest BCUT2D eigenvalue weighted by atomic mass is 10.1. The first-order valence-electron chi connectivity index (χ1n) is 9.91. The van der Waals surface area contributed by atoms with E-state index in [0.29, 0.717) is 12.2 Å². The van der Waals surface area contributed by atoms with Crippen molar-refractivity contribution in [1.29, 1.82) is 5.26 Å². The zero-order valence-electron chi connectivity index (χ0n) is 15.6. The second-order valence-electron chi connectivity index (χ2n) is 7.93. The van der Waals surface area contributed by atoms with Crippen LogP contribution >= 0.6 is 0 Å². The molecule has 0 radical (unpaired) electrons. The Morgan fingerprint density at radius 1 is 1.29 bits per heavy atom. The van der Waals surface area contributed by atoms with Gasteiger partial charge in [-0.1, -0.05) is 18.9 Å². The number of aromatic nitrogens is 4. The largest absolute Gasteiger partial charge is 0.309 e. The number of nitriles is 1. The first-order chi connectivity index (χ1) is 13.7. The van der Waals surface area contributed by atoms with Crippen LogP contribution in [0.5, 0.6) is 0 Å². The van der Waals surface area contributed by atoms with Crippen molar-refractivity contribution in [2.45, 2.75) is 44.6 Å². The van der Waals surface area contributed by atoms with Crippen LogP contribution in [-0.2, 0) is 4.79 Å². The Morgan fingerprint density at radius 3 is 2.89 bits per heavy atom. The predicted octanol–water partition coefficient (Wildman–Crippen LogP) is 3.80. The molecule has 1 N–H and O–H groups in total. The third-order valence-corrected chi connectivity index (χ3v) is 5.59. The van der Waals surface area contributed by atoms with Crippen molar-refractivity contribution in [2.75, 3.05) is 5.32 Å². The smallest absolute Gasteiger partial charge is 0.228 e. The maximum Gasteiger partial charge on any atom is 0.228 e. The normalized spacial score (nSPS) is 17.4. The van der Waals surface area contributed by atoms with E-state index in [1.165, 1.54) is 12.8 Å². The number of hydrogen-bond acceptors (Lipinski definition) is 4. The van der Waals surface area contributed by atoms with Crippen LogP contribution in [0.3, 0.4) is 0 Å². The van der Waals surface area contributed by atoms with Crippen LogP contribution in [0.4, 0.5) is 5.82 Å². The standard InChI is InChI=1S/C21H22N6O/c22-9-8-17(10-14-4-5-14)27-12-16(11-23-27)18-2-1-3-20-24-19(13-26(18)20)25-21(28)15-6-7-15/h1-3,11-15,17H,4-8,10H2,(H,25,28). The fourth-order valence-corrected chi connectivity index (χ4v) is 3.68. The van der Waals surface area contributed by atoms with Gasteiger partial charge in [0.15, 0.2) is 5.82 Å². The lowest BCUT2D eigenvalue weighted by Gasteiger charge is -2.13. The van der Waals surface area contributed by atoms with Crippen molar-refractivity contribution in [2.24, 2.45) is 11.8 Å². The average Bonchev–Trinajstić information content (AvgIpc) is 3.61. The third-order valence-electron chi connectivity index (χ3n) is 5.59. The van der Waals surface area contributed by atoms with Crippen molar-refractivity contribution < 1.29 is 4.79 Å². The van der Waals surface area contributed by atoms with Crippen LogP contribution in [0.15, 0.2) is 36.8 Å². The second kappa shape index (κ2) is 6.79. The second-order valence-corrected chi connectivity index (χ2v) is 7.93. The van der Waals surface area contributed by atoms with E-state index in [0.717, 1.165) is 42.1 Å². The molecule has 0 spiro atoms. The van der Waals surface area contributed by atoms with Crippen LogP contribution < -0.4 is 5.32 Å². The molecule has 0 saturated heterocycles. The Balaban J connectivity index is 1.43. The number of amides is 1. The molecule has 2 aliphatic carbocycles.